The van der Waals surface area contributed by atoms with Crippen LogP contribution in [0.4, 0.5) is 14.6 Å². The Morgan fingerprint density at radius 1 is 0.862 bits per heavy atom. The molecule has 1 aromatic carbocycles. The molecule has 4 nitrogen and oxygen atoms in total. The zero-order valence-corrected chi connectivity index (χ0v) is 16.8. The number of hydrogen-bond acceptors (Lipinski definition) is 4. The molecular formula is C23H28F2N4. The van der Waals surface area contributed by atoms with E-state index in [0.29, 0.717) is 11.1 Å². The third-order valence-corrected chi connectivity index (χ3v) is 7.48. The molecule has 0 unspecified atom stereocenters. The van der Waals surface area contributed by atoms with Crippen LogP contribution in [-0.4, -0.2) is 47.3 Å². The molecule has 0 amide bonds. The van der Waals surface area contributed by atoms with E-state index >= 15 is 0 Å². The summed E-state index contributed by atoms with van der Waals surface area (Å²) in [6.45, 7) is 4.51. The molecule has 1 saturated carbocycles. The SMILES string of the molecule is Fc1cccc(-c2ccc(N3CCC4(CC3)CCN(C3CCC3)CC4)nn2)c1F. The minimum atomic E-state index is -0.872. The van der Waals surface area contributed by atoms with Gasteiger partial charge in [-0.1, -0.05) is 12.5 Å². The zero-order valence-electron chi connectivity index (χ0n) is 16.8. The van der Waals surface area contributed by atoms with Crippen molar-refractivity contribution in [2.75, 3.05) is 31.1 Å². The number of piperidine rings is 2. The molecule has 0 atom stereocenters. The van der Waals surface area contributed by atoms with E-state index < -0.39 is 11.6 Å². The summed E-state index contributed by atoms with van der Waals surface area (Å²) in [5.74, 6) is -0.909. The molecule has 2 saturated heterocycles. The van der Waals surface area contributed by atoms with E-state index in [1.165, 1.54) is 70.2 Å². The van der Waals surface area contributed by atoms with E-state index in [0.717, 1.165) is 31.0 Å². The van der Waals surface area contributed by atoms with Gasteiger partial charge in [-0.2, -0.15) is 0 Å². The smallest absolute Gasteiger partial charge is 0.168 e. The minimum absolute atomic E-state index is 0.153. The second-order valence-electron chi connectivity index (χ2n) is 8.99. The molecule has 6 heteroatoms. The Kier molecular flexibility index (Phi) is 4.98. The standard InChI is InChI=1S/C23H28F2N4/c24-19-6-2-5-18(22(19)25)20-7-8-21(27-26-20)29-15-11-23(12-16-29)9-13-28(14-10-23)17-3-1-4-17/h2,5-8,17H,1,3-4,9-16H2. The summed E-state index contributed by atoms with van der Waals surface area (Å²) in [5.41, 5.74) is 1.01. The summed E-state index contributed by atoms with van der Waals surface area (Å²) in [6, 6.07) is 8.61. The molecule has 1 aromatic heterocycles. The Morgan fingerprint density at radius 3 is 2.21 bits per heavy atom. The summed E-state index contributed by atoms with van der Waals surface area (Å²) in [5, 5.41) is 8.49. The molecule has 3 aliphatic rings. The van der Waals surface area contributed by atoms with E-state index in [1.807, 2.05) is 6.07 Å². The molecule has 0 bridgehead atoms. The lowest BCUT2D eigenvalue weighted by atomic mass is 9.70. The van der Waals surface area contributed by atoms with Gasteiger partial charge in [-0.3, -0.25) is 0 Å². The van der Waals surface area contributed by atoms with Crippen LogP contribution >= 0.6 is 0 Å². The summed E-state index contributed by atoms with van der Waals surface area (Å²) < 4.78 is 27.5. The molecule has 154 valence electrons. The maximum atomic E-state index is 14.0. The van der Waals surface area contributed by atoms with Crippen LogP contribution in [0.15, 0.2) is 30.3 Å². The van der Waals surface area contributed by atoms with Gasteiger partial charge in [-0.05, 0) is 81.3 Å². The highest BCUT2D eigenvalue weighted by atomic mass is 19.2. The predicted molar refractivity (Wildman–Crippen MR) is 110 cm³/mol. The minimum Gasteiger partial charge on any atom is -0.355 e. The summed E-state index contributed by atoms with van der Waals surface area (Å²) >= 11 is 0. The van der Waals surface area contributed by atoms with E-state index in [4.69, 9.17) is 0 Å². The van der Waals surface area contributed by atoms with E-state index in [1.54, 1.807) is 6.07 Å². The average molecular weight is 399 g/mol. The molecule has 1 aliphatic carbocycles. The van der Waals surface area contributed by atoms with Gasteiger partial charge in [-0.15, -0.1) is 10.2 Å². The molecule has 29 heavy (non-hydrogen) atoms. The first-order chi connectivity index (χ1) is 14.1. The van der Waals surface area contributed by atoms with Gasteiger partial charge in [0.05, 0.1) is 5.69 Å². The molecule has 0 N–H and O–H groups in total. The largest absolute Gasteiger partial charge is 0.355 e. The van der Waals surface area contributed by atoms with E-state index in [9.17, 15) is 8.78 Å². The Labute approximate surface area is 170 Å². The molecule has 2 aliphatic heterocycles. The van der Waals surface area contributed by atoms with Crippen molar-refractivity contribution in [3.63, 3.8) is 0 Å². The Hall–Kier alpha value is -2.08. The molecule has 0 radical (unpaired) electrons. The Morgan fingerprint density at radius 2 is 1.59 bits per heavy atom. The highest BCUT2D eigenvalue weighted by Gasteiger charge is 2.39. The van der Waals surface area contributed by atoms with Crippen molar-refractivity contribution < 1.29 is 8.78 Å². The average Bonchev–Trinajstić information content (AvgIpc) is 2.72. The Balaban J connectivity index is 1.21. The highest BCUT2D eigenvalue weighted by Crippen LogP contribution is 2.43. The molecular weight excluding hydrogens is 370 g/mol. The van der Waals surface area contributed by atoms with Gasteiger partial charge in [0.2, 0.25) is 0 Å². The topological polar surface area (TPSA) is 32.3 Å². The van der Waals surface area contributed by atoms with Crippen molar-refractivity contribution in [2.24, 2.45) is 5.41 Å². The number of anilines is 1. The third-order valence-electron chi connectivity index (χ3n) is 7.48. The summed E-state index contributed by atoms with van der Waals surface area (Å²) in [4.78, 5) is 5.00. The quantitative estimate of drug-likeness (QED) is 0.753. The lowest BCUT2D eigenvalue weighted by Gasteiger charge is -2.50. The monoisotopic (exact) mass is 398 g/mol. The van der Waals surface area contributed by atoms with Crippen LogP contribution in [-0.2, 0) is 0 Å². The van der Waals surface area contributed by atoms with Crippen molar-refractivity contribution in [1.82, 2.24) is 15.1 Å². The van der Waals surface area contributed by atoms with Gasteiger partial charge < -0.3 is 9.80 Å². The molecule has 2 aromatic rings. The maximum absolute atomic E-state index is 14.0. The van der Waals surface area contributed by atoms with Crippen molar-refractivity contribution >= 4 is 5.82 Å². The fraction of sp³-hybridized carbons (Fsp3) is 0.565. The van der Waals surface area contributed by atoms with Crippen molar-refractivity contribution in [1.29, 1.82) is 0 Å². The zero-order chi connectivity index (χ0) is 19.8. The van der Waals surface area contributed by atoms with Crippen molar-refractivity contribution in [3.05, 3.63) is 42.0 Å². The molecule has 3 heterocycles. The lowest BCUT2D eigenvalue weighted by molar-refractivity contribution is 0.0305. The normalized spacial score (nSPS) is 22.6. The number of halogens is 2. The summed E-state index contributed by atoms with van der Waals surface area (Å²) in [6.07, 6.45) is 9.25. The van der Waals surface area contributed by atoms with E-state index in [-0.39, 0.29) is 5.56 Å². The molecule has 1 spiro atoms. The number of benzene rings is 1. The van der Waals surface area contributed by atoms with Crippen LogP contribution in [0.5, 0.6) is 0 Å². The number of likely N-dealkylation sites (tertiary alicyclic amines) is 1. The van der Waals surface area contributed by atoms with Crippen LogP contribution in [0, 0.1) is 17.0 Å². The van der Waals surface area contributed by atoms with Crippen molar-refractivity contribution in [2.45, 2.75) is 51.0 Å². The summed E-state index contributed by atoms with van der Waals surface area (Å²) in [7, 11) is 0. The van der Waals surface area contributed by atoms with Crippen LogP contribution in [0.1, 0.15) is 44.9 Å². The lowest BCUT2D eigenvalue weighted by Crippen LogP contribution is -2.51. The first-order valence-electron chi connectivity index (χ1n) is 10.9. The first kappa shape index (κ1) is 18.9. The van der Waals surface area contributed by atoms with Crippen LogP contribution in [0.2, 0.25) is 0 Å². The van der Waals surface area contributed by atoms with Crippen LogP contribution in [0.25, 0.3) is 11.3 Å². The van der Waals surface area contributed by atoms with Gasteiger partial charge >= 0.3 is 0 Å². The second-order valence-corrected chi connectivity index (χ2v) is 8.99. The van der Waals surface area contributed by atoms with Gasteiger partial charge in [0.15, 0.2) is 17.5 Å². The fourth-order valence-corrected chi connectivity index (χ4v) is 5.16. The van der Waals surface area contributed by atoms with E-state index in [2.05, 4.69) is 20.0 Å². The van der Waals surface area contributed by atoms with Gasteiger partial charge in [-0.25, -0.2) is 8.78 Å². The van der Waals surface area contributed by atoms with Crippen molar-refractivity contribution in [3.8, 4) is 11.3 Å². The molecule has 3 fully saturated rings. The number of hydrogen-bond donors (Lipinski definition) is 0. The van der Waals surface area contributed by atoms with Crippen LogP contribution in [0.3, 0.4) is 0 Å². The van der Waals surface area contributed by atoms with Gasteiger partial charge in [0.1, 0.15) is 0 Å². The third kappa shape index (κ3) is 3.63. The highest BCUT2D eigenvalue weighted by molar-refractivity contribution is 5.60. The number of aromatic nitrogens is 2. The second kappa shape index (κ2) is 7.63. The van der Waals surface area contributed by atoms with Crippen LogP contribution < -0.4 is 4.90 Å². The first-order valence-corrected chi connectivity index (χ1v) is 10.9. The molecule has 5 rings (SSSR count). The number of nitrogens with zero attached hydrogens (tertiary/aromatic N) is 4. The fourth-order valence-electron chi connectivity index (χ4n) is 5.16. The predicted octanol–water partition coefficient (Wildman–Crippen LogP) is 4.66. The number of rotatable bonds is 3. The Bertz CT molecular complexity index is 848. The maximum Gasteiger partial charge on any atom is 0.168 e. The van der Waals surface area contributed by atoms with Gasteiger partial charge in [0, 0.05) is 24.7 Å². The van der Waals surface area contributed by atoms with Gasteiger partial charge in [0.25, 0.3) is 0 Å².